The lowest BCUT2D eigenvalue weighted by molar-refractivity contribution is 0.140. The topological polar surface area (TPSA) is 105 Å². The summed E-state index contributed by atoms with van der Waals surface area (Å²) in [5, 5.41) is 12.6. The number of halogens is 2. The number of aliphatic hydroxyl groups excluding tert-OH is 1. The zero-order valence-corrected chi connectivity index (χ0v) is 14.8. The minimum Gasteiger partial charge on any atom is -0.490 e. The van der Waals surface area contributed by atoms with E-state index in [-0.39, 0.29) is 22.2 Å². The molecule has 10 heteroatoms. The summed E-state index contributed by atoms with van der Waals surface area (Å²) in [5.74, 6) is 0.409. The van der Waals surface area contributed by atoms with Crippen LogP contribution in [0.3, 0.4) is 0 Å². The van der Waals surface area contributed by atoms with Gasteiger partial charge in [0.05, 0.1) is 14.9 Å². The van der Waals surface area contributed by atoms with Crippen molar-refractivity contribution in [3.8, 4) is 5.75 Å². The number of aliphatic hydroxyl groups is 1. The summed E-state index contributed by atoms with van der Waals surface area (Å²) < 4.78 is 31.7. The molecule has 0 radical (unpaired) electrons. The lowest BCUT2D eigenvalue weighted by Crippen LogP contribution is -2.34. The fraction of sp³-hybridized carbons (Fsp3) is 0.133. The average molecular weight is 403 g/mol. The molecule has 0 saturated heterocycles. The minimum absolute atomic E-state index is 0.0596. The smallest absolute Gasteiger partial charge is 0.333 e. The van der Waals surface area contributed by atoms with E-state index in [1.165, 1.54) is 36.4 Å². The number of fused-ring (bicyclic) bond motifs is 1. The number of urea groups is 1. The van der Waals surface area contributed by atoms with E-state index in [0.717, 1.165) is 0 Å². The number of sulfonamides is 1. The van der Waals surface area contributed by atoms with Crippen LogP contribution >= 0.6 is 23.2 Å². The maximum Gasteiger partial charge on any atom is 0.333 e. The molecule has 25 heavy (non-hydrogen) atoms. The Kier molecular flexibility index (Phi) is 4.79. The Labute approximate surface area is 153 Å². The molecule has 132 valence electrons. The summed E-state index contributed by atoms with van der Waals surface area (Å²) in [5.41, 5.74) is 0.632. The highest BCUT2D eigenvalue weighted by Gasteiger charge is 2.26. The fourth-order valence-corrected chi connectivity index (χ4v) is 3.50. The average Bonchev–Trinajstić information content (AvgIpc) is 2.91. The van der Waals surface area contributed by atoms with Crippen molar-refractivity contribution in [2.45, 2.75) is 11.0 Å². The molecule has 0 aromatic heterocycles. The highest BCUT2D eigenvalue weighted by molar-refractivity contribution is 7.90. The van der Waals surface area contributed by atoms with Gasteiger partial charge in [0.1, 0.15) is 18.5 Å². The van der Waals surface area contributed by atoms with Gasteiger partial charge in [-0.2, -0.15) is 0 Å². The van der Waals surface area contributed by atoms with Crippen molar-refractivity contribution < 1.29 is 23.1 Å². The van der Waals surface area contributed by atoms with Crippen LogP contribution in [-0.2, 0) is 10.0 Å². The Morgan fingerprint density at radius 2 is 1.92 bits per heavy atom. The van der Waals surface area contributed by atoms with Crippen LogP contribution in [0.2, 0.25) is 10.0 Å². The predicted octanol–water partition coefficient (Wildman–Crippen LogP) is 2.93. The standard InChI is InChI=1S/C15H12Cl2N2O5S/c16-11-3-1-8(5-12(11)17)18-15(21)19-25(22,23)9-2-4-14-10(6-9)13(20)7-24-14/h1-6,13,20H,7H2,(H2,18,19,21). The molecule has 1 aliphatic heterocycles. The number of carbonyl (C=O) groups excluding carboxylic acids is 1. The highest BCUT2D eigenvalue weighted by Crippen LogP contribution is 2.33. The van der Waals surface area contributed by atoms with E-state index >= 15 is 0 Å². The number of rotatable bonds is 3. The third-order valence-electron chi connectivity index (χ3n) is 3.45. The third kappa shape index (κ3) is 3.82. The largest absolute Gasteiger partial charge is 0.490 e. The monoisotopic (exact) mass is 402 g/mol. The number of amides is 2. The Hall–Kier alpha value is -2.00. The molecule has 2 aromatic carbocycles. The molecule has 7 nitrogen and oxygen atoms in total. The molecule has 0 saturated carbocycles. The van der Waals surface area contributed by atoms with Crippen molar-refractivity contribution in [2.75, 3.05) is 11.9 Å². The van der Waals surface area contributed by atoms with Crippen molar-refractivity contribution in [1.29, 1.82) is 0 Å². The van der Waals surface area contributed by atoms with E-state index in [0.29, 0.717) is 16.3 Å². The van der Waals surface area contributed by atoms with Crippen molar-refractivity contribution in [2.24, 2.45) is 0 Å². The summed E-state index contributed by atoms with van der Waals surface area (Å²) in [7, 11) is -4.13. The molecule has 0 bridgehead atoms. The zero-order valence-electron chi connectivity index (χ0n) is 12.5. The van der Waals surface area contributed by atoms with Crippen LogP contribution < -0.4 is 14.8 Å². The molecule has 3 N–H and O–H groups in total. The quantitative estimate of drug-likeness (QED) is 0.731. The van der Waals surface area contributed by atoms with Gasteiger partial charge in [0.2, 0.25) is 0 Å². The lowest BCUT2D eigenvalue weighted by Gasteiger charge is -2.10. The van der Waals surface area contributed by atoms with E-state index in [4.69, 9.17) is 27.9 Å². The molecule has 1 aliphatic rings. The number of nitrogens with one attached hydrogen (secondary N) is 2. The summed E-state index contributed by atoms with van der Waals surface area (Å²) in [6, 6.07) is 7.35. The van der Waals surface area contributed by atoms with E-state index in [1.54, 1.807) is 0 Å². The van der Waals surface area contributed by atoms with Crippen LogP contribution in [-0.4, -0.2) is 26.2 Å². The second-order valence-corrected chi connectivity index (χ2v) is 7.71. The predicted molar refractivity (Wildman–Crippen MR) is 92.7 cm³/mol. The van der Waals surface area contributed by atoms with Crippen LogP contribution in [0.5, 0.6) is 5.75 Å². The van der Waals surface area contributed by atoms with Gasteiger partial charge in [-0.25, -0.2) is 17.9 Å². The number of hydrogen-bond donors (Lipinski definition) is 3. The van der Waals surface area contributed by atoms with Gasteiger partial charge in [-0.3, -0.25) is 0 Å². The summed E-state index contributed by atoms with van der Waals surface area (Å²) in [4.78, 5) is 11.8. The van der Waals surface area contributed by atoms with Crippen LogP contribution in [0.25, 0.3) is 0 Å². The number of benzene rings is 2. The van der Waals surface area contributed by atoms with Crippen molar-refractivity contribution >= 4 is 44.9 Å². The Morgan fingerprint density at radius 1 is 1.16 bits per heavy atom. The van der Waals surface area contributed by atoms with Gasteiger partial charge in [0.15, 0.2) is 0 Å². The van der Waals surface area contributed by atoms with Crippen LogP contribution in [0, 0.1) is 0 Å². The van der Waals surface area contributed by atoms with Gasteiger partial charge in [0, 0.05) is 11.3 Å². The summed E-state index contributed by atoms with van der Waals surface area (Å²) in [6.45, 7) is 0.0596. The van der Waals surface area contributed by atoms with Gasteiger partial charge in [-0.15, -0.1) is 0 Å². The van der Waals surface area contributed by atoms with Crippen LogP contribution in [0.1, 0.15) is 11.7 Å². The molecule has 0 aliphatic carbocycles. The van der Waals surface area contributed by atoms with Crippen molar-refractivity contribution in [3.63, 3.8) is 0 Å². The number of hydrogen-bond acceptors (Lipinski definition) is 5. The van der Waals surface area contributed by atoms with Gasteiger partial charge in [-0.1, -0.05) is 23.2 Å². The first-order valence-corrected chi connectivity index (χ1v) is 9.24. The normalized spacial score (nSPS) is 16.0. The number of anilines is 1. The molecule has 1 unspecified atom stereocenters. The molecule has 2 amide bonds. The van der Waals surface area contributed by atoms with Gasteiger partial charge < -0.3 is 15.2 Å². The molecule has 1 heterocycles. The molecular formula is C15H12Cl2N2O5S. The molecule has 0 fully saturated rings. The van der Waals surface area contributed by atoms with Gasteiger partial charge in [-0.05, 0) is 36.4 Å². The highest BCUT2D eigenvalue weighted by atomic mass is 35.5. The van der Waals surface area contributed by atoms with Crippen molar-refractivity contribution in [1.82, 2.24) is 4.72 Å². The maximum absolute atomic E-state index is 12.3. The Morgan fingerprint density at radius 3 is 2.64 bits per heavy atom. The van der Waals surface area contributed by atoms with E-state index in [2.05, 4.69) is 5.32 Å². The first kappa shape index (κ1) is 17.8. The third-order valence-corrected chi connectivity index (χ3v) is 5.52. The lowest BCUT2D eigenvalue weighted by atomic mass is 10.1. The molecule has 0 spiro atoms. The first-order chi connectivity index (χ1) is 11.8. The SMILES string of the molecule is O=C(Nc1ccc(Cl)c(Cl)c1)NS(=O)(=O)c1ccc2c(c1)C(O)CO2. The number of carbonyl (C=O) groups is 1. The summed E-state index contributed by atoms with van der Waals surface area (Å²) >= 11 is 11.6. The Bertz CT molecular complexity index is 949. The zero-order chi connectivity index (χ0) is 18.2. The summed E-state index contributed by atoms with van der Waals surface area (Å²) in [6.07, 6.45) is -0.907. The fourth-order valence-electron chi connectivity index (χ4n) is 2.26. The Balaban J connectivity index is 1.76. The molecular weight excluding hydrogens is 391 g/mol. The molecule has 1 atom stereocenters. The van der Waals surface area contributed by atoms with Crippen LogP contribution in [0.15, 0.2) is 41.3 Å². The second kappa shape index (κ2) is 6.72. The molecule has 3 rings (SSSR count). The number of ether oxygens (including phenoxy) is 1. The maximum atomic E-state index is 12.3. The van der Waals surface area contributed by atoms with E-state index in [9.17, 15) is 18.3 Å². The van der Waals surface area contributed by atoms with Gasteiger partial charge >= 0.3 is 6.03 Å². The molecule has 2 aromatic rings. The van der Waals surface area contributed by atoms with E-state index in [1.807, 2.05) is 4.72 Å². The second-order valence-electron chi connectivity index (χ2n) is 5.21. The van der Waals surface area contributed by atoms with E-state index < -0.39 is 22.2 Å². The van der Waals surface area contributed by atoms with Crippen molar-refractivity contribution in [3.05, 3.63) is 52.0 Å². The minimum atomic E-state index is -4.13. The van der Waals surface area contributed by atoms with Crippen LogP contribution in [0.4, 0.5) is 10.5 Å². The first-order valence-electron chi connectivity index (χ1n) is 7.00. The van der Waals surface area contributed by atoms with Gasteiger partial charge in [0.25, 0.3) is 10.0 Å².